The molecule has 3 heterocycles. The Morgan fingerprint density at radius 3 is 2.63 bits per heavy atom. The number of nitrogens with zero attached hydrogens (tertiary/aromatic N) is 1. The minimum atomic E-state index is -0.224. The van der Waals surface area contributed by atoms with E-state index >= 15 is 0 Å². The van der Waals surface area contributed by atoms with Crippen LogP contribution in [0, 0.1) is 0 Å². The fourth-order valence-electron chi connectivity index (χ4n) is 4.98. The SMILES string of the molecule is COc1ccc([C@H]2C[C@@H](NC(C)=O)CC3(CCOCC3)O2)cc1CN1CCOCC1. The molecule has 0 saturated carbocycles. The van der Waals surface area contributed by atoms with Crippen molar-refractivity contribution in [1.29, 1.82) is 0 Å². The van der Waals surface area contributed by atoms with Crippen LogP contribution in [-0.2, 0) is 25.5 Å². The molecule has 3 aliphatic heterocycles. The minimum absolute atomic E-state index is 0.0191. The standard InChI is InChI=1S/C23H34N2O5/c1-17(26)24-20-14-22(30-23(15-20)5-9-28-10-6-23)18-3-4-21(27-2)19(13-18)16-25-7-11-29-12-8-25/h3-4,13,20,22H,5-12,14-16H2,1-2H3,(H,24,26)/t20-,22-/m1/s1. The summed E-state index contributed by atoms with van der Waals surface area (Å²) in [5.74, 6) is 0.922. The van der Waals surface area contributed by atoms with Crippen LogP contribution in [0.5, 0.6) is 5.75 Å². The summed E-state index contributed by atoms with van der Waals surface area (Å²) >= 11 is 0. The number of nitrogens with one attached hydrogen (secondary N) is 1. The first-order chi connectivity index (χ1) is 14.6. The fraction of sp³-hybridized carbons (Fsp3) is 0.696. The van der Waals surface area contributed by atoms with Crippen molar-refractivity contribution in [2.24, 2.45) is 0 Å². The predicted molar refractivity (Wildman–Crippen MR) is 113 cm³/mol. The molecule has 0 bridgehead atoms. The van der Waals surface area contributed by atoms with Crippen LogP contribution in [-0.4, -0.2) is 69.1 Å². The molecule has 1 N–H and O–H groups in total. The Morgan fingerprint density at radius 2 is 1.93 bits per heavy atom. The molecule has 0 radical (unpaired) electrons. The van der Waals surface area contributed by atoms with Gasteiger partial charge in [-0.05, 0) is 43.4 Å². The van der Waals surface area contributed by atoms with Crippen molar-refractivity contribution >= 4 is 5.91 Å². The van der Waals surface area contributed by atoms with E-state index in [4.69, 9.17) is 18.9 Å². The number of benzene rings is 1. The Kier molecular flexibility index (Phi) is 6.93. The summed E-state index contributed by atoms with van der Waals surface area (Å²) in [7, 11) is 1.72. The molecule has 1 aromatic rings. The number of carbonyl (C=O) groups is 1. The Hall–Kier alpha value is -1.67. The van der Waals surface area contributed by atoms with Crippen molar-refractivity contribution in [3.05, 3.63) is 29.3 Å². The van der Waals surface area contributed by atoms with E-state index in [1.807, 2.05) is 6.07 Å². The zero-order chi connectivity index (χ0) is 21.0. The zero-order valence-electron chi connectivity index (χ0n) is 18.2. The van der Waals surface area contributed by atoms with Gasteiger partial charge >= 0.3 is 0 Å². The maximum atomic E-state index is 11.8. The van der Waals surface area contributed by atoms with Crippen molar-refractivity contribution in [3.63, 3.8) is 0 Å². The zero-order valence-corrected chi connectivity index (χ0v) is 18.2. The van der Waals surface area contributed by atoms with Crippen LogP contribution in [0.1, 0.15) is 49.8 Å². The highest BCUT2D eigenvalue weighted by molar-refractivity contribution is 5.73. The van der Waals surface area contributed by atoms with Crippen LogP contribution in [0.4, 0.5) is 0 Å². The van der Waals surface area contributed by atoms with E-state index < -0.39 is 0 Å². The van der Waals surface area contributed by atoms with Gasteiger partial charge in [0.25, 0.3) is 0 Å². The van der Waals surface area contributed by atoms with Crippen molar-refractivity contribution < 1.29 is 23.7 Å². The van der Waals surface area contributed by atoms with Crippen LogP contribution in [0.2, 0.25) is 0 Å². The van der Waals surface area contributed by atoms with E-state index in [-0.39, 0.29) is 23.7 Å². The smallest absolute Gasteiger partial charge is 0.217 e. The highest BCUT2D eigenvalue weighted by Gasteiger charge is 2.43. The van der Waals surface area contributed by atoms with Crippen LogP contribution in [0.25, 0.3) is 0 Å². The van der Waals surface area contributed by atoms with Gasteiger partial charge in [0, 0.05) is 51.4 Å². The fourth-order valence-corrected chi connectivity index (χ4v) is 4.98. The van der Waals surface area contributed by atoms with Gasteiger partial charge < -0.3 is 24.3 Å². The molecule has 2 atom stereocenters. The van der Waals surface area contributed by atoms with E-state index in [1.54, 1.807) is 14.0 Å². The van der Waals surface area contributed by atoms with Crippen molar-refractivity contribution in [1.82, 2.24) is 10.2 Å². The van der Waals surface area contributed by atoms with Gasteiger partial charge in [-0.25, -0.2) is 0 Å². The molecule has 30 heavy (non-hydrogen) atoms. The molecule has 0 unspecified atom stereocenters. The summed E-state index contributed by atoms with van der Waals surface area (Å²) in [4.78, 5) is 14.2. The lowest BCUT2D eigenvalue weighted by molar-refractivity contribution is -0.179. The molecule has 3 aliphatic rings. The summed E-state index contributed by atoms with van der Waals surface area (Å²) in [6, 6.07) is 6.49. The molecule has 166 valence electrons. The summed E-state index contributed by atoms with van der Waals surface area (Å²) in [6.07, 6.45) is 3.32. The van der Waals surface area contributed by atoms with Gasteiger partial charge in [0.1, 0.15) is 5.75 Å². The number of rotatable bonds is 5. The Balaban J connectivity index is 1.56. The monoisotopic (exact) mass is 418 g/mol. The van der Waals surface area contributed by atoms with Crippen LogP contribution in [0.15, 0.2) is 18.2 Å². The van der Waals surface area contributed by atoms with E-state index in [2.05, 4.69) is 22.3 Å². The minimum Gasteiger partial charge on any atom is -0.496 e. The molecule has 4 rings (SSSR count). The predicted octanol–water partition coefficient (Wildman–Crippen LogP) is 2.43. The first kappa shape index (κ1) is 21.6. The van der Waals surface area contributed by atoms with Gasteiger partial charge in [-0.2, -0.15) is 0 Å². The van der Waals surface area contributed by atoms with Crippen LogP contribution >= 0.6 is 0 Å². The number of ether oxygens (including phenoxy) is 4. The molecule has 7 nitrogen and oxygen atoms in total. The molecular weight excluding hydrogens is 384 g/mol. The topological polar surface area (TPSA) is 69.3 Å². The number of methoxy groups -OCH3 is 1. The maximum absolute atomic E-state index is 11.8. The van der Waals surface area contributed by atoms with Crippen molar-refractivity contribution in [3.8, 4) is 5.75 Å². The number of amides is 1. The van der Waals surface area contributed by atoms with Gasteiger partial charge in [0.2, 0.25) is 5.91 Å². The highest BCUT2D eigenvalue weighted by atomic mass is 16.5. The Labute approximate surface area is 179 Å². The Bertz CT molecular complexity index is 728. The highest BCUT2D eigenvalue weighted by Crippen LogP contribution is 2.43. The third kappa shape index (κ3) is 5.14. The van der Waals surface area contributed by atoms with Crippen molar-refractivity contribution in [2.75, 3.05) is 46.6 Å². The van der Waals surface area contributed by atoms with Gasteiger partial charge in [0.05, 0.1) is 32.0 Å². The second-order valence-corrected chi connectivity index (χ2v) is 8.70. The molecule has 3 saturated heterocycles. The van der Waals surface area contributed by atoms with Crippen molar-refractivity contribution in [2.45, 2.75) is 56.9 Å². The third-order valence-corrected chi connectivity index (χ3v) is 6.49. The first-order valence-corrected chi connectivity index (χ1v) is 11.1. The molecule has 1 amide bonds. The van der Waals surface area contributed by atoms with Gasteiger partial charge in [-0.3, -0.25) is 9.69 Å². The number of morpholine rings is 1. The maximum Gasteiger partial charge on any atom is 0.217 e. The molecule has 0 aliphatic carbocycles. The molecule has 1 spiro atoms. The summed E-state index contributed by atoms with van der Waals surface area (Å²) in [5.41, 5.74) is 2.10. The Morgan fingerprint density at radius 1 is 1.20 bits per heavy atom. The van der Waals surface area contributed by atoms with Gasteiger partial charge in [-0.15, -0.1) is 0 Å². The third-order valence-electron chi connectivity index (χ3n) is 6.49. The van der Waals surface area contributed by atoms with E-state index in [0.29, 0.717) is 13.2 Å². The number of hydrogen-bond donors (Lipinski definition) is 1. The lowest BCUT2D eigenvalue weighted by Gasteiger charge is -2.47. The summed E-state index contributed by atoms with van der Waals surface area (Å²) < 4.78 is 23.4. The lowest BCUT2D eigenvalue weighted by Crippen LogP contribution is -2.51. The normalized spacial score (nSPS) is 27.0. The van der Waals surface area contributed by atoms with Gasteiger partial charge in [-0.1, -0.05) is 6.07 Å². The van der Waals surface area contributed by atoms with E-state index in [0.717, 1.165) is 69.8 Å². The van der Waals surface area contributed by atoms with E-state index in [9.17, 15) is 4.79 Å². The summed E-state index contributed by atoms with van der Waals surface area (Å²) in [6.45, 7) is 7.26. The first-order valence-electron chi connectivity index (χ1n) is 11.1. The number of carbonyl (C=O) groups excluding carboxylic acids is 1. The second-order valence-electron chi connectivity index (χ2n) is 8.70. The van der Waals surface area contributed by atoms with Gasteiger partial charge in [0.15, 0.2) is 0 Å². The van der Waals surface area contributed by atoms with E-state index in [1.165, 1.54) is 5.56 Å². The molecular formula is C23H34N2O5. The summed E-state index contributed by atoms with van der Waals surface area (Å²) in [5, 5.41) is 3.15. The van der Waals surface area contributed by atoms with Crippen LogP contribution < -0.4 is 10.1 Å². The molecule has 0 aromatic heterocycles. The van der Waals surface area contributed by atoms with Crippen LogP contribution in [0.3, 0.4) is 0 Å². The second kappa shape index (κ2) is 9.64. The molecule has 1 aromatic carbocycles. The largest absolute Gasteiger partial charge is 0.496 e. The molecule has 7 heteroatoms. The lowest BCUT2D eigenvalue weighted by atomic mass is 9.81. The quantitative estimate of drug-likeness (QED) is 0.792. The molecule has 3 fully saturated rings. The average Bonchev–Trinajstić information content (AvgIpc) is 2.74. The average molecular weight is 419 g/mol. The number of hydrogen-bond acceptors (Lipinski definition) is 6.